The fourth-order valence-corrected chi connectivity index (χ4v) is 17.1. The SMILES string of the molecule is CC[As+](CC)(C1CCCCC1)C1CCCCC1. The first-order valence-corrected chi connectivity index (χ1v) is 13.0. The summed E-state index contributed by atoms with van der Waals surface area (Å²) in [5.41, 5.74) is 0. The van der Waals surface area contributed by atoms with Gasteiger partial charge in [0.25, 0.3) is 0 Å². The van der Waals surface area contributed by atoms with Crippen molar-refractivity contribution in [2.45, 2.75) is 97.9 Å². The van der Waals surface area contributed by atoms with Crippen molar-refractivity contribution >= 4 is 13.6 Å². The maximum atomic E-state index is 2.56. The molecule has 0 atom stereocenters. The fraction of sp³-hybridized carbons (Fsp3) is 1.00. The Morgan fingerprint density at radius 1 is 0.647 bits per heavy atom. The molecule has 2 rings (SSSR count). The first-order chi connectivity index (χ1) is 8.33. The molecular formula is C16H32As+. The van der Waals surface area contributed by atoms with Gasteiger partial charge in [-0.2, -0.15) is 0 Å². The van der Waals surface area contributed by atoms with Gasteiger partial charge < -0.3 is 0 Å². The van der Waals surface area contributed by atoms with Gasteiger partial charge in [0.05, 0.1) is 0 Å². The zero-order chi connectivity index (χ0) is 12.1. The molecule has 0 aromatic rings. The average Bonchev–Trinajstić information content (AvgIpc) is 2.43. The molecule has 0 amide bonds. The first kappa shape index (κ1) is 14.0. The second-order valence-electron chi connectivity index (χ2n) is 6.32. The van der Waals surface area contributed by atoms with Crippen LogP contribution in [-0.4, -0.2) is 13.6 Å². The Hall–Kier alpha value is 0.558. The molecule has 0 unspecified atom stereocenters. The number of hydrogen-bond donors (Lipinski definition) is 0. The van der Waals surface area contributed by atoms with Gasteiger partial charge in [-0.1, -0.05) is 0 Å². The van der Waals surface area contributed by atoms with E-state index in [1.54, 1.807) is 61.8 Å². The van der Waals surface area contributed by atoms with E-state index in [0.717, 1.165) is 0 Å². The van der Waals surface area contributed by atoms with Gasteiger partial charge in [-0.3, -0.25) is 0 Å². The van der Waals surface area contributed by atoms with Crippen LogP contribution in [0.15, 0.2) is 0 Å². The third-order valence-electron chi connectivity index (χ3n) is 5.78. The van der Waals surface area contributed by atoms with Crippen LogP contribution in [0.5, 0.6) is 0 Å². The predicted molar refractivity (Wildman–Crippen MR) is 80.4 cm³/mol. The zero-order valence-corrected chi connectivity index (χ0v) is 14.0. The summed E-state index contributed by atoms with van der Waals surface area (Å²) in [5, 5.41) is 3.23. The first-order valence-electron chi connectivity index (χ1n) is 8.20. The molecule has 0 N–H and O–H groups in total. The Labute approximate surface area is 111 Å². The van der Waals surface area contributed by atoms with E-state index in [2.05, 4.69) is 13.8 Å². The van der Waals surface area contributed by atoms with E-state index in [1.165, 1.54) is 22.3 Å². The van der Waals surface area contributed by atoms with Crippen LogP contribution >= 0.6 is 0 Å². The standard InChI is InChI=1S/C16H32As/c1-3-17(4-2,15-11-7-5-8-12-15)16-13-9-6-10-14-16/h15-16H,3-14H2,1-2H3/q+1. The predicted octanol–water partition coefficient (Wildman–Crippen LogP) is 6.14. The van der Waals surface area contributed by atoms with Crippen molar-refractivity contribution in [1.29, 1.82) is 0 Å². The Balaban J connectivity index is 2.10. The molecule has 0 saturated heterocycles. The van der Waals surface area contributed by atoms with E-state index in [9.17, 15) is 0 Å². The van der Waals surface area contributed by atoms with Crippen LogP contribution in [0.1, 0.15) is 78.1 Å². The topological polar surface area (TPSA) is 0 Å². The second-order valence-corrected chi connectivity index (χ2v) is 16.7. The molecule has 1 heteroatoms. The van der Waals surface area contributed by atoms with Gasteiger partial charge in [0, 0.05) is 0 Å². The number of rotatable bonds is 4. The zero-order valence-electron chi connectivity index (χ0n) is 12.1. The molecule has 0 aliphatic heterocycles. The molecule has 2 saturated carbocycles. The minimum atomic E-state index is -1.34. The van der Waals surface area contributed by atoms with Crippen LogP contribution < -0.4 is 0 Å². The van der Waals surface area contributed by atoms with E-state index in [-0.39, 0.29) is 0 Å². The van der Waals surface area contributed by atoms with Gasteiger partial charge in [-0.05, 0) is 0 Å². The average molecular weight is 299 g/mol. The number of hydrogen-bond acceptors (Lipinski definition) is 0. The van der Waals surface area contributed by atoms with E-state index in [4.69, 9.17) is 0 Å². The maximum absolute atomic E-state index is 2.56. The Morgan fingerprint density at radius 3 is 1.29 bits per heavy atom. The molecule has 0 nitrogen and oxygen atoms in total. The minimum absolute atomic E-state index is 1.24. The van der Waals surface area contributed by atoms with Crippen LogP contribution in [0.25, 0.3) is 0 Å². The van der Waals surface area contributed by atoms with Crippen molar-refractivity contribution in [2.75, 3.05) is 0 Å². The molecule has 0 bridgehead atoms. The molecule has 17 heavy (non-hydrogen) atoms. The Kier molecular flexibility index (Phi) is 5.46. The van der Waals surface area contributed by atoms with Crippen LogP contribution in [0.4, 0.5) is 0 Å². The van der Waals surface area contributed by atoms with Crippen LogP contribution in [-0.2, 0) is 0 Å². The summed E-state index contributed by atoms with van der Waals surface area (Å²) in [6, 6.07) is 0. The van der Waals surface area contributed by atoms with Gasteiger partial charge in [-0.25, -0.2) is 0 Å². The van der Waals surface area contributed by atoms with Gasteiger partial charge in [0.15, 0.2) is 0 Å². The van der Waals surface area contributed by atoms with Crippen LogP contribution in [0, 0.1) is 0 Å². The monoisotopic (exact) mass is 299 g/mol. The molecule has 2 aliphatic carbocycles. The van der Waals surface area contributed by atoms with Crippen molar-refractivity contribution in [3.05, 3.63) is 0 Å². The summed E-state index contributed by atoms with van der Waals surface area (Å²) >= 11 is -1.34. The van der Waals surface area contributed by atoms with E-state index in [1.807, 2.05) is 0 Å². The molecule has 0 radical (unpaired) electrons. The fourth-order valence-electron chi connectivity index (χ4n) is 4.75. The molecular weight excluding hydrogens is 267 g/mol. The van der Waals surface area contributed by atoms with Gasteiger partial charge >= 0.3 is 111 Å². The van der Waals surface area contributed by atoms with Gasteiger partial charge in [0.2, 0.25) is 0 Å². The van der Waals surface area contributed by atoms with Crippen molar-refractivity contribution < 1.29 is 0 Å². The Morgan fingerprint density at radius 2 is 1.00 bits per heavy atom. The van der Waals surface area contributed by atoms with Gasteiger partial charge in [0.1, 0.15) is 0 Å². The third kappa shape index (κ3) is 2.94. The third-order valence-corrected chi connectivity index (χ3v) is 19.0. The summed E-state index contributed by atoms with van der Waals surface area (Å²) in [5.74, 6) is 0. The molecule has 0 spiro atoms. The van der Waals surface area contributed by atoms with Crippen molar-refractivity contribution in [3.8, 4) is 0 Å². The quantitative estimate of drug-likeness (QED) is 0.547. The summed E-state index contributed by atoms with van der Waals surface area (Å²) in [7, 11) is 0. The molecule has 0 aromatic carbocycles. The summed E-state index contributed by atoms with van der Waals surface area (Å²) in [6.45, 7) is 5.11. The Bertz CT molecular complexity index is 188. The molecule has 100 valence electrons. The normalized spacial score (nSPS) is 25.1. The van der Waals surface area contributed by atoms with Gasteiger partial charge in [-0.15, -0.1) is 0 Å². The molecule has 2 fully saturated rings. The van der Waals surface area contributed by atoms with E-state index in [0.29, 0.717) is 0 Å². The molecule has 0 aromatic heterocycles. The van der Waals surface area contributed by atoms with E-state index < -0.39 is 13.6 Å². The van der Waals surface area contributed by atoms with Crippen molar-refractivity contribution in [2.24, 2.45) is 0 Å². The molecule has 2 aliphatic rings. The summed E-state index contributed by atoms with van der Waals surface area (Å²) in [6.07, 6.45) is 15.8. The van der Waals surface area contributed by atoms with Crippen molar-refractivity contribution in [3.63, 3.8) is 0 Å². The van der Waals surface area contributed by atoms with Crippen LogP contribution in [0.2, 0.25) is 19.8 Å². The van der Waals surface area contributed by atoms with Crippen molar-refractivity contribution in [1.82, 2.24) is 0 Å². The summed E-state index contributed by atoms with van der Waals surface area (Å²) < 4.78 is 2.47. The molecule has 0 heterocycles. The van der Waals surface area contributed by atoms with Crippen LogP contribution in [0.3, 0.4) is 0 Å². The second kappa shape index (κ2) is 6.65. The summed E-state index contributed by atoms with van der Waals surface area (Å²) in [4.78, 5) is 0. The van der Waals surface area contributed by atoms with E-state index >= 15 is 0 Å².